The van der Waals surface area contributed by atoms with Gasteiger partial charge in [0.25, 0.3) is 0 Å². The number of piperidine rings is 1. The number of aromatic nitrogens is 2. The molecule has 4 rings (SSSR count). The predicted molar refractivity (Wildman–Crippen MR) is 119 cm³/mol. The summed E-state index contributed by atoms with van der Waals surface area (Å²) in [6.45, 7) is 2.56. The number of ether oxygens (including phenoxy) is 1. The van der Waals surface area contributed by atoms with Gasteiger partial charge >= 0.3 is 0 Å². The third-order valence-corrected chi connectivity index (χ3v) is 6.97. The molecule has 0 bridgehead atoms. The molecule has 2 saturated heterocycles. The number of methoxy groups -OCH3 is 1. The molecule has 0 aliphatic carbocycles. The summed E-state index contributed by atoms with van der Waals surface area (Å²) in [5.41, 5.74) is 0.928. The van der Waals surface area contributed by atoms with Crippen molar-refractivity contribution in [2.24, 2.45) is 5.92 Å². The Labute approximate surface area is 187 Å². The third kappa shape index (κ3) is 4.59. The van der Waals surface area contributed by atoms with Gasteiger partial charge < -0.3 is 15.0 Å². The molecule has 0 spiro atoms. The third-order valence-electron chi connectivity index (χ3n) is 5.47. The molecule has 2 aromatic rings. The van der Waals surface area contributed by atoms with Crippen molar-refractivity contribution >= 4 is 49.3 Å². The van der Waals surface area contributed by atoms with Gasteiger partial charge in [0.2, 0.25) is 22.1 Å². The largest absolute Gasteiger partial charge is 0.496 e. The number of nitrogens with one attached hydrogen (secondary N) is 1. The van der Waals surface area contributed by atoms with E-state index in [4.69, 9.17) is 4.74 Å². The van der Waals surface area contributed by atoms with Crippen LogP contribution < -0.4 is 19.9 Å². The first-order valence-corrected chi connectivity index (χ1v) is 11.6. The van der Waals surface area contributed by atoms with Crippen molar-refractivity contribution in [2.75, 3.05) is 36.5 Å². The fourth-order valence-electron chi connectivity index (χ4n) is 3.87. The number of hydrogen-bond acceptors (Lipinski definition) is 7. The molecule has 0 saturated carbocycles. The van der Waals surface area contributed by atoms with Gasteiger partial charge in [0, 0.05) is 42.6 Å². The molecule has 1 N–H and O–H groups in total. The van der Waals surface area contributed by atoms with Crippen LogP contribution in [0.4, 0.5) is 10.3 Å². The van der Waals surface area contributed by atoms with Crippen LogP contribution in [0.5, 0.6) is 5.75 Å². The van der Waals surface area contributed by atoms with Crippen molar-refractivity contribution in [1.29, 1.82) is 0 Å². The minimum Gasteiger partial charge on any atom is -0.496 e. The van der Waals surface area contributed by atoms with Gasteiger partial charge in [0.05, 0.1) is 13.0 Å². The van der Waals surface area contributed by atoms with E-state index in [0.29, 0.717) is 31.2 Å². The van der Waals surface area contributed by atoms with Gasteiger partial charge in [-0.1, -0.05) is 27.3 Å². The van der Waals surface area contributed by atoms with Crippen LogP contribution in [0.25, 0.3) is 0 Å². The summed E-state index contributed by atoms with van der Waals surface area (Å²) >= 11 is 4.89. The van der Waals surface area contributed by atoms with Crippen LogP contribution in [0.3, 0.4) is 0 Å². The van der Waals surface area contributed by atoms with Gasteiger partial charge in [-0.25, -0.2) is 0 Å². The predicted octanol–water partition coefficient (Wildman–Crippen LogP) is 2.97. The maximum absolute atomic E-state index is 12.8. The van der Waals surface area contributed by atoms with E-state index >= 15 is 0 Å². The molecule has 1 aromatic carbocycles. The van der Waals surface area contributed by atoms with Crippen LogP contribution in [0.1, 0.15) is 31.2 Å². The number of rotatable bonds is 6. The highest BCUT2D eigenvalue weighted by Gasteiger charge is 2.30. The number of nitrogens with zero attached hydrogens (tertiary/aromatic N) is 4. The lowest BCUT2D eigenvalue weighted by Crippen LogP contribution is -2.43. The van der Waals surface area contributed by atoms with Crippen molar-refractivity contribution in [3.8, 4) is 5.75 Å². The normalized spacial score (nSPS) is 19.3. The quantitative estimate of drug-likeness (QED) is 0.665. The molecular formula is C20H24BrN5O3S. The van der Waals surface area contributed by atoms with Gasteiger partial charge in [-0.15, -0.1) is 10.2 Å². The zero-order valence-corrected chi connectivity index (χ0v) is 19.2. The molecule has 3 heterocycles. The number of anilines is 2. The number of halogens is 1. The Balaban J connectivity index is 1.37. The number of benzene rings is 1. The van der Waals surface area contributed by atoms with E-state index in [1.165, 1.54) is 11.3 Å². The molecule has 1 aromatic heterocycles. The van der Waals surface area contributed by atoms with Crippen LogP contribution in [-0.4, -0.2) is 48.8 Å². The Kier molecular flexibility index (Phi) is 6.52. The first kappa shape index (κ1) is 21.0. The molecule has 0 radical (unpaired) electrons. The average Bonchev–Trinajstić information content (AvgIpc) is 3.41. The fourth-order valence-corrected chi connectivity index (χ4v) is 5.21. The number of carbonyl (C=O) groups is 2. The van der Waals surface area contributed by atoms with Crippen LogP contribution in [-0.2, 0) is 16.1 Å². The summed E-state index contributed by atoms with van der Waals surface area (Å²) < 4.78 is 6.33. The molecule has 30 heavy (non-hydrogen) atoms. The summed E-state index contributed by atoms with van der Waals surface area (Å²) in [5.74, 6) is 0.775. The monoisotopic (exact) mass is 493 g/mol. The molecule has 160 valence electrons. The molecule has 2 aliphatic heterocycles. The second kappa shape index (κ2) is 9.30. The molecule has 2 aliphatic rings. The van der Waals surface area contributed by atoms with Gasteiger partial charge in [-0.05, 0) is 37.5 Å². The first-order valence-electron chi connectivity index (χ1n) is 10.0. The lowest BCUT2D eigenvalue weighted by atomic mass is 9.97. The van der Waals surface area contributed by atoms with Crippen LogP contribution in [0, 0.1) is 5.92 Å². The van der Waals surface area contributed by atoms with Crippen LogP contribution >= 0.6 is 27.3 Å². The second-order valence-electron chi connectivity index (χ2n) is 7.48. The van der Waals surface area contributed by atoms with Gasteiger partial charge in [0.1, 0.15) is 5.75 Å². The average molecular weight is 494 g/mol. The summed E-state index contributed by atoms with van der Waals surface area (Å²) in [6, 6.07) is 5.75. The van der Waals surface area contributed by atoms with Crippen molar-refractivity contribution in [3.05, 3.63) is 28.2 Å². The maximum atomic E-state index is 12.8. The second-order valence-corrected chi connectivity index (χ2v) is 9.33. The van der Waals surface area contributed by atoms with Crippen molar-refractivity contribution in [2.45, 2.75) is 32.2 Å². The minimum atomic E-state index is -0.113. The maximum Gasteiger partial charge on any atom is 0.228 e. The highest BCUT2D eigenvalue weighted by Crippen LogP contribution is 2.32. The van der Waals surface area contributed by atoms with E-state index in [2.05, 4.69) is 36.3 Å². The lowest BCUT2D eigenvalue weighted by Gasteiger charge is -2.31. The Morgan fingerprint density at radius 3 is 2.90 bits per heavy atom. The molecule has 8 nitrogen and oxygen atoms in total. The molecule has 10 heteroatoms. The van der Waals surface area contributed by atoms with E-state index < -0.39 is 0 Å². The topological polar surface area (TPSA) is 87.7 Å². The van der Waals surface area contributed by atoms with Gasteiger partial charge in [-0.2, -0.15) is 0 Å². The highest BCUT2D eigenvalue weighted by atomic mass is 79.9. The van der Waals surface area contributed by atoms with Gasteiger partial charge in [-0.3, -0.25) is 14.5 Å². The van der Waals surface area contributed by atoms with E-state index in [0.717, 1.165) is 46.7 Å². The van der Waals surface area contributed by atoms with Crippen molar-refractivity contribution in [1.82, 2.24) is 15.5 Å². The van der Waals surface area contributed by atoms with Crippen LogP contribution in [0.15, 0.2) is 22.7 Å². The van der Waals surface area contributed by atoms with Crippen molar-refractivity contribution < 1.29 is 14.3 Å². The highest BCUT2D eigenvalue weighted by molar-refractivity contribution is 9.10. The standard InChI is InChI=1S/C20H24BrN5O3S/c1-29-16-7-6-15(21)10-14(16)11-22-18(28)13-4-2-8-25(12-13)19-23-24-20(30-19)26-9-3-5-17(26)27/h6-7,10,13H,2-5,8-9,11-12H2,1H3,(H,22,28)/t13-/m0/s1. The van der Waals surface area contributed by atoms with Gasteiger partial charge in [0.15, 0.2) is 0 Å². The first-order chi connectivity index (χ1) is 14.5. The summed E-state index contributed by atoms with van der Waals surface area (Å²) in [4.78, 5) is 28.6. The zero-order chi connectivity index (χ0) is 21.1. The summed E-state index contributed by atoms with van der Waals surface area (Å²) in [6.07, 6.45) is 3.19. The fraction of sp³-hybridized carbons (Fsp3) is 0.500. The van der Waals surface area contributed by atoms with Crippen LogP contribution in [0.2, 0.25) is 0 Å². The van der Waals surface area contributed by atoms with Crippen molar-refractivity contribution in [3.63, 3.8) is 0 Å². The minimum absolute atomic E-state index is 0.0289. The Morgan fingerprint density at radius 1 is 1.30 bits per heavy atom. The number of hydrogen-bond donors (Lipinski definition) is 1. The Hall–Kier alpha value is -2.20. The summed E-state index contributed by atoms with van der Waals surface area (Å²) in [5, 5.41) is 13.0. The Morgan fingerprint density at radius 2 is 2.13 bits per heavy atom. The number of carbonyl (C=O) groups excluding carboxylic acids is 2. The lowest BCUT2D eigenvalue weighted by molar-refractivity contribution is -0.125. The molecular weight excluding hydrogens is 470 g/mol. The van der Waals surface area contributed by atoms with E-state index in [1.807, 2.05) is 18.2 Å². The van der Waals surface area contributed by atoms with E-state index in [1.54, 1.807) is 12.0 Å². The van der Waals surface area contributed by atoms with E-state index in [-0.39, 0.29) is 17.7 Å². The summed E-state index contributed by atoms with van der Waals surface area (Å²) in [7, 11) is 1.62. The Bertz CT molecular complexity index is 937. The zero-order valence-electron chi connectivity index (χ0n) is 16.8. The molecule has 2 fully saturated rings. The molecule has 1 atom stereocenters. The SMILES string of the molecule is COc1ccc(Br)cc1CNC(=O)[C@H]1CCCN(c2nnc(N3CCCC3=O)s2)C1. The smallest absolute Gasteiger partial charge is 0.228 e. The number of amides is 2. The molecule has 2 amide bonds. The molecule has 0 unspecified atom stereocenters. The van der Waals surface area contributed by atoms with E-state index in [9.17, 15) is 9.59 Å².